The molecule has 1 aliphatic rings. The van der Waals surface area contributed by atoms with E-state index in [2.05, 4.69) is 23.3 Å². The van der Waals surface area contributed by atoms with E-state index in [9.17, 15) is 15.0 Å². The first-order valence-corrected chi connectivity index (χ1v) is 11.5. The number of aromatic nitrogens is 1. The summed E-state index contributed by atoms with van der Waals surface area (Å²) >= 11 is 0. The predicted octanol–water partition coefficient (Wildman–Crippen LogP) is 5.46. The van der Waals surface area contributed by atoms with E-state index < -0.39 is 5.97 Å². The van der Waals surface area contributed by atoms with Crippen molar-refractivity contribution in [3.63, 3.8) is 0 Å². The van der Waals surface area contributed by atoms with Gasteiger partial charge in [0, 0.05) is 23.5 Å². The summed E-state index contributed by atoms with van der Waals surface area (Å²) in [6.07, 6.45) is 3.52. The van der Waals surface area contributed by atoms with Gasteiger partial charge in [-0.2, -0.15) is 0 Å². The highest BCUT2D eigenvalue weighted by Crippen LogP contribution is 2.42. The SMILES string of the molecule is CCOC(=O)c1c(-c2ccc(O)cc2)n(C(C)C)c2ccc(O)c(CN3CCCCC3)c12. The van der Waals surface area contributed by atoms with Gasteiger partial charge in [-0.3, -0.25) is 4.90 Å². The van der Waals surface area contributed by atoms with Crippen molar-refractivity contribution in [2.24, 2.45) is 0 Å². The number of rotatable bonds is 6. The summed E-state index contributed by atoms with van der Waals surface area (Å²) in [5.74, 6) is -0.0284. The monoisotopic (exact) mass is 436 g/mol. The summed E-state index contributed by atoms with van der Waals surface area (Å²) in [7, 11) is 0. The van der Waals surface area contributed by atoms with Crippen molar-refractivity contribution in [2.75, 3.05) is 19.7 Å². The van der Waals surface area contributed by atoms with E-state index in [1.54, 1.807) is 25.1 Å². The second-order valence-corrected chi connectivity index (χ2v) is 8.75. The van der Waals surface area contributed by atoms with E-state index in [0.717, 1.165) is 53.7 Å². The number of carbonyl (C=O) groups excluding carboxylic acids is 1. The van der Waals surface area contributed by atoms with Gasteiger partial charge in [0.1, 0.15) is 11.5 Å². The number of benzene rings is 2. The topological polar surface area (TPSA) is 74.9 Å². The number of fused-ring (bicyclic) bond motifs is 1. The first-order valence-electron chi connectivity index (χ1n) is 11.5. The highest BCUT2D eigenvalue weighted by Gasteiger charge is 2.29. The van der Waals surface area contributed by atoms with Crippen LogP contribution < -0.4 is 0 Å². The van der Waals surface area contributed by atoms with E-state index in [1.807, 2.05) is 18.2 Å². The van der Waals surface area contributed by atoms with Crippen molar-refractivity contribution in [1.82, 2.24) is 9.47 Å². The Morgan fingerprint density at radius 3 is 2.34 bits per heavy atom. The molecule has 0 aliphatic carbocycles. The first-order chi connectivity index (χ1) is 15.4. The molecular weight excluding hydrogens is 404 g/mol. The Morgan fingerprint density at radius 1 is 1.03 bits per heavy atom. The largest absolute Gasteiger partial charge is 0.508 e. The molecule has 0 spiro atoms. The van der Waals surface area contributed by atoms with E-state index >= 15 is 0 Å². The second kappa shape index (κ2) is 9.25. The maximum atomic E-state index is 13.3. The zero-order chi connectivity index (χ0) is 22.8. The number of phenols is 2. The number of piperidine rings is 1. The fraction of sp³-hybridized carbons (Fsp3) is 0.423. The molecule has 3 aromatic rings. The lowest BCUT2D eigenvalue weighted by molar-refractivity contribution is 0.0529. The van der Waals surface area contributed by atoms with Crippen LogP contribution in [0.25, 0.3) is 22.2 Å². The van der Waals surface area contributed by atoms with Gasteiger partial charge in [-0.1, -0.05) is 6.42 Å². The van der Waals surface area contributed by atoms with Crippen LogP contribution in [0.4, 0.5) is 0 Å². The number of carbonyl (C=O) groups is 1. The van der Waals surface area contributed by atoms with Gasteiger partial charge in [-0.05, 0) is 88.7 Å². The second-order valence-electron chi connectivity index (χ2n) is 8.75. The number of aromatic hydroxyl groups is 2. The molecule has 0 saturated carbocycles. The maximum Gasteiger partial charge on any atom is 0.340 e. The zero-order valence-corrected chi connectivity index (χ0v) is 19.1. The summed E-state index contributed by atoms with van der Waals surface area (Å²) in [5.41, 5.74) is 3.71. The smallest absolute Gasteiger partial charge is 0.340 e. The van der Waals surface area contributed by atoms with Gasteiger partial charge in [0.15, 0.2) is 0 Å². The lowest BCUT2D eigenvalue weighted by Gasteiger charge is -2.27. The van der Waals surface area contributed by atoms with Crippen LogP contribution in [0.15, 0.2) is 36.4 Å². The van der Waals surface area contributed by atoms with Crippen molar-refractivity contribution in [2.45, 2.75) is 52.6 Å². The molecule has 1 fully saturated rings. The molecule has 2 N–H and O–H groups in total. The van der Waals surface area contributed by atoms with Crippen LogP contribution in [0, 0.1) is 0 Å². The molecule has 0 bridgehead atoms. The van der Waals surface area contributed by atoms with Gasteiger partial charge in [0.2, 0.25) is 0 Å². The molecule has 6 nitrogen and oxygen atoms in total. The van der Waals surface area contributed by atoms with Crippen LogP contribution >= 0.6 is 0 Å². The molecule has 32 heavy (non-hydrogen) atoms. The van der Waals surface area contributed by atoms with E-state index in [0.29, 0.717) is 12.1 Å². The Hall–Kier alpha value is -2.99. The van der Waals surface area contributed by atoms with Gasteiger partial charge >= 0.3 is 5.97 Å². The minimum absolute atomic E-state index is 0.0665. The standard InChI is InChI=1S/C26H32N2O4/c1-4-32-26(31)24-23-20(16-27-14-6-5-7-15-27)22(30)13-12-21(23)28(17(2)3)25(24)18-8-10-19(29)11-9-18/h8-13,17,29-30H,4-7,14-16H2,1-3H3. The van der Waals surface area contributed by atoms with Gasteiger partial charge < -0.3 is 19.5 Å². The van der Waals surface area contributed by atoms with E-state index in [-0.39, 0.29) is 24.1 Å². The van der Waals surface area contributed by atoms with Gasteiger partial charge in [-0.15, -0.1) is 0 Å². The molecular formula is C26H32N2O4. The maximum absolute atomic E-state index is 13.3. The highest BCUT2D eigenvalue weighted by atomic mass is 16.5. The third kappa shape index (κ3) is 4.07. The number of esters is 1. The molecule has 170 valence electrons. The van der Waals surface area contributed by atoms with Gasteiger partial charge in [0.05, 0.1) is 23.4 Å². The minimum atomic E-state index is -0.398. The molecule has 4 rings (SSSR count). The van der Waals surface area contributed by atoms with E-state index in [4.69, 9.17) is 4.74 Å². The van der Waals surface area contributed by atoms with Crippen molar-refractivity contribution in [3.8, 4) is 22.8 Å². The fourth-order valence-electron chi connectivity index (χ4n) is 4.81. The summed E-state index contributed by atoms with van der Waals surface area (Å²) in [5, 5.41) is 21.5. The summed E-state index contributed by atoms with van der Waals surface area (Å²) in [6, 6.07) is 10.6. The first kappa shape index (κ1) is 22.2. The van der Waals surface area contributed by atoms with Crippen LogP contribution in [0.5, 0.6) is 11.5 Å². The Morgan fingerprint density at radius 2 is 1.72 bits per heavy atom. The Kier molecular flexibility index (Phi) is 6.42. The minimum Gasteiger partial charge on any atom is -0.508 e. The molecule has 1 aliphatic heterocycles. The molecule has 0 amide bonds. The van der Waals surface area contributed by atoms with Crippen LogP contribution in [0.1, 0.15) is 62.0 Å². The Bertz CT molecular complexity index is 1110. The number of phenolic OH excluding ortho intramolecular Hbond substituents is 2. The highest BCUT2D eigenvalue weighted by molar-refractivity contribution is 6.12. The molecule has 1 aromatic heterocycles. The Balaban J connectivity index is 2.03. The molecule has 6 heteroatoms. The summed E-state index contributed by atoms with van der Waals surface area (Å²) in [4.78, 5) is 15.7. The third-order valence-electron chi connectivity index (χ3n) is 6.22. The lowest BCUT2D eigenvalue weighted by atomic mass is 9.99. The third-order valence-corrected chi connectivity index (χ3v) is 6.22. The quantitative estimate of drug-likeness (QED) is 0.502. The van der Waals surface area contributed by atoms with E-state index in [1.165, 1.54) is 6.42 Å². The van der Waals surface area contributed by atoms with Crippen LogP contribution in [0.2, 0.25) is 0 Å². The van der Waals surface area contributed by atoms with Crippen molar-refractivity contribution in [1.29, 1.82) is 0 Å². The predicted molar refractivity (Wildman–Crippen MR) is 126 cm³/mol. The number of likely N-dealkylation sites (tertiary alicyclic amines) is 1. The fourth-order valence-corrected chi connectivity index (χ4v) is 4.81. The molecule has 0 atom stereocenters. The molecule has 1 saturated heterocycles. The summed E-state index contributed by atoms with van der Waals surface area (Å²) in [6.45, 7) is 8.78. The molecule has 0 radical (unpaired) electrons. The van der Waals surface area contributed by atoms with Crippen LogP contribution in [-0.4, -0.2) is 45.3 Å². The molecule has 2 heterocycles. The van der Waals surface area contributed by atoms with Crippen LogP contribution in [-0.2, 0) is 11.3 Å². The number of hydrogen-bond donors (Lipinski definition) is 2. The van der Waals surface area contributed by atoms with Gasteiger partial charge in [0.25, 0.3) is 0 Å². The summed E-state index contributed by atoms with van der Waals surface area (Å²) < 4.78 is 7.64. The average Bonchev–Trinajstić information content (AvgIpc) is 3.13. The lowest BCUT2D eigenvalue weighted by Crippen LogP contribution is -2.29. The van der Waals surface area contributed by atoms with Crippen molar-refractivity contribution >= 4 is 16.9 Å². The number of nitrogens with zero attached hydrogens (tertiary/aromatic N) is 2. The molecule has 0 unspecified atom stereocenters. The van der Waals surface area contributed by atoms with Gasteiger partial charge in [-0.25, -0.2) is 4.79 Å². The van der Waals surface area contributed by atoms with Crippen molar-refractivity contribution < 1.29 is 19.7 Å². The van der Waals surface area contributed by atoms with Crippen LogP contribution in [0.3, 0.4) is 0 Å². The average molecular weight is 437 g/mol. The Labute approximate surface area is 189 Å². The zero-order valence-electron chi connectivity index (χ0n) is 19.1. The van der Waals surface area contributed by atoms with Crippen molar-refractivity contribution in [3.05, 3.63) is 47.5 Å². The molecule has 2 aromatic carbocycles. The number of ether oxygens (including phenoxy) is 1. The normalized spacial score (nSPS) is 14.9. The number of hydrogen-bond acceptors (Lipinski definition) is 5.